The Morgan fingerprint density at radius 1 is 1.06 bits per heavy atom. The first kappa shape index (κ1) is 21.9. The van der Waals surface area contributed by atoms with Gasteiger partial charge in [0.05, 0.1) is 12.7 Å². The number of methoxy groups -OCH3 is 1. The van der Waals surface area contributed by atoms with Gasteiger partial charge in [-0.25, -0.2) is 9.38 Å². The van der Waals surface area contributed by atoms with Crippen LogP contribution in [0.3, 0.4) is 0 Å². The number of carbonyl (C=O) groups is 1. The van der Waals surface area contributed by atoms with Crippen LogP contribution in [0.4, 0.5) is 10.1 Å². The molecule has 0 N–H and O–H groups in total. The summed E-state index contributed by atoms with van der Waals surface area (Å²) < 4.78 is 25.0. The van der Waals surface area contributed by atoms with E-state index >= 15 is 0 Å². The molecule has 2 aliphatic rings. The Hall–Kier alpha value is -3.87. The van der Waals surface area contributed by atoms with Gasteiger partial charge in [-0.15, -0.1) is 0 Å². The number of fused-ring (bicyclic) bond motifs is 2. The second-order valence-corrected chi connectivity index (χ2v) is 8.67. The number of piperazine rings is 1. The molecule has 7 heteroatoms. The lowest BCUT2D eigenvalue weighted by atomic mass is 10.1. The molecule has 0 saturated carbocycles. The number of benzene rings is 3. The van der Waals surface area contributed by atoms with Crippen LogP contribution in [-0.4, -0.2) is 54.3 Å². The van der Waals surface area contributed by atoms with E-state index in [0.717, 1.165) is 28.4 Å². The lowest BCUT2D eigenvalue weighted by molar-refractivity contribution is 0.0581. The van der Waals surface area contributed by atoms with Crippen LogP contribution in [0, 0.1) is 12.7 Å². The first-order valence-electron chi connectivity index (χ1n) is 11.3. The van der Waals surface area contributed by atoms with Crippen molar-refractivity contribution >= 4 is 17.4 Å². The molecular weight excluding hydrogens is 433 g/mol. The Bertz CT molecular complexity index is 1270. The Labute approximate surface area is 198 Å². The number of hydrogen-bond donors (Lipinski definition) is 0. The topological polar surface area (TPSA) is 54.4 Å². The lowest BCUT2D eigenvalue weighted by Crippen LogP contribution is -2.55. The number of carbonyl (C=O) groups excluding carboxylic acids is 1. The Morgan fingerprint density at radius 2 is 1.85 bits per heavy atom. The van der Waals surface area contributed by atoms with Crippen LogP contribution in [0.1, 0.15) is 28.4 Å². The standard InChI is InChI=1S/C27H26FN3O3/c1-17-4-10-23-25(14-17)34-24-11-9-21(33-3)15-22(24)26(29-23)30-12-13-31(18(2)16-30)27(32)19-5-7-20(28)8-6-19/h4-11,14-15,18H,12-13,16H2,1-3H3/t18-/m1/s1. The summed E-state index contributed by atoms with van der Waals surface area (Å²) in [6.45, 7) is 5.77. The average Bonchev–Trinajstić information content (AvgIpc) is 2.99. The zero-order valence-electron chi connectivity index (χ0n) is 19.4. The number of ether oxygens (including phenoxy) is 2. The van der Waals surface area contributed by atoms with E-state index in [4.69, 9.17) is 14.5 Å². The monoisotopic (exact) mass is 459 g/mol. The van der Waals surface area contributed by atoms with E-state index in [1.54, 1.807) is 7.11 Å². The van der Waals surface area contributed by atoms with Gasteiger partial charge < -0.3 is 19.3 Å². The van der Waals surface area contributed by atoms with E-state index in [-0.39, 0.29) is 17.8 Å². The highest BCUT2D eigenvalue weighted by molar-refractivity contribution is 6.04. The quantitative estimate of drug-likeness (QED) is 0.530. The largest absolute Gasteiger partial charge is 0.497 e. The van der Waals surface area contributed by atoms with E-state index < -0.39 is 0 Å². The number of hydrogen-bond acceptors (Lipinski definition) is 5. The smallest absolute Gasteiger partial charge is 0.254 e. The van der Waals surface area contributed by atoms with E-state index in [2.05, 4.69) is 4.90 Å². The lowest BCUT2D eigenvalue weighted by Gasteiger charge is -2.41. The van der Waals surface area contributed by atoms with Crippen molar-refractivity contribution in [1.29, 1.82) is 0 Å². The highest BCUT2D eigenvalue weighted by Crippen LogP contribution is 2.40. The third-order valence-electron chi connectivity index (χ3n) is 6.27. The van der Waals surface area contributed by atoms with Gasteiger partial charge in [0.15, 0.2) is 5.75 Å². The van der Waals surface area contributed by atoms with Crippen LogP contribution in [-0.2, 0) is 0 Å². The van der Waals surface area contributed by atoms with Gasteiger partial charge in [-0.3, -0.25) is 4.79 Å². The molecule has 1 saturated heterocycles. The summed E-state index contributed by atoms with van der Waals surface area (Å²) in [7, 11) is 1.64. The van der Waals surface area contributed by atoms with Gasteiger partial charge in [0.25, 0.3) is 5.91 Å². The highest BCUT2D eigenvalue weighted by Gasteiger charge is 2.32. The fourth-order valence-corrected chi connectivity index (χ4v) is 4.44. The van der Waals surface area contributed by atoms with Gasteiger partial charge in [0, 0.05) is 31.2 Å². The second-order valence-electron chi connectivity index (χ2n) is 8.67. The summed E-state index contributed by atoms with van der Waals surface area (Å²) in [6, 6.07) is 17.3. The average molecular weight is 460 g/mol. The molecule has 3 aromatic rings. The van der Waals surface area contributed by atoms with Crippen molar-refractivity contribution < 1.29 is 18.7 Å². The van der Waals surface area contributed by atoms with Crippen LogP contribution in [0.25, 0.3) is 0 Å². The fraction of sp³-hybridized carbons (Fsp3) is 0.259. The molecule has 0 aliphatic carbocycles. The molecule has 2 heterocycles. The zero-order valence-corrected chi connectivity index (χ0v) is 19.4. The number of halogens is 1. The van der Waals surface area contributed by atoms with Crippen LogP contribution < -0.4 is 9.47 Å². The second kappa shape index (κ2) is 8.82. The normalized spacial score (nSPS) is 17.2. The van der Waals surface area contributed by atoms with Crippen molar-refractivity contribution in [2.75, 3.05) is 26.7 Å². The molecule has 34 heavy (non-hydrogen) atoms. The van der Waals surface area contributed by atoms with Crippen molar-refractivity contribution in [2.45, 2.75) is 19.9 Å². The Balaban J connectivity index is 1.47. The number of amides is 1. The van der Waals surface area contributed by atoms with Crippen LogP contribution in [0.15, 0.2) is 65.7 Å². The summed E-state index contributed by atoms with van der Waals surface area (Å²) in [5, 5.41) is 0. The minimum Gasteiger partial charge on any atom is -0.497 e. The van der Waals surface area contributed by atoms with E-state index in [1.807, 2.05) is 55.1 Å². The molecule has 6 nitrogen and oxygen atoms in total. The molecule has 1 amide bonds. The maximum Gasteiger partial charge on any atom is 0.254 e. The minimum atomic E-state index is -0.354. The van der Waals surface area contributed by atoms with Gasteiger partial charge >= 0.3 is 0 Å². The van der Waals surface area contributed by atoms with Crippen LogP contribution in [0.2, 0.25) is 0 Å². The summed E-state index contributed by atoms with van der Waals surface area (Å²) in [5.74, 6) is 2.47. The molecule has 0 aromatic heterocycles. The Kier molecular flexibility index (Phi) is 5.69. The highest BCUT2D eigenvalue weighted by atomic mass is 19.1. The van der Waals surface area contributed by atoms with Gasteiger partial charge in [-0.2, -0.15) is 0 Å². The van der Waals surface area contributed by atoms with Crippen molar-refractivity contribution in [3.05, 3.63) is 83.2 Å². The SMILES string of the molecule is COc1ccc2c(c1)C(N1CCN(C(=O)c3ccc(F)cc3)[C@H](C)C1)=Nc1ccc(C)cc1O2. The molecule has 174 valence electrons. The summed E-state index contributed by atoms with van der Waals surface area (Å²) in [6.07, 6.45) is 0. The third kappa shape index (κ3) is 4.09. The molecule has 0 unspecified atom stereocenters. The van der Waals surface area contributed by atoms with Crippen molar-refractivity contribution in [3.63, 3.8) is 0 Å². The summed E-state index contributed by atoms with van der Waals surface area (Å²) in [4.78, 5) is 22.1. The summed E-state index contributed by atoms with van der Waals surface area (Å²) >= 11 is 0. The van der Waals surface area contributed by atoms with E-state index in [0.29, 0.717) is 36.7 Å². The van der Waals surface area contributed by atoms with Gasteiger partial charge in [0.1, 0.15) is 28.8 Å². The van der Waals surface area contributed by atoms with Crippen molar-refractivity contribution in [2.24, 2.45) is 4.99 Å². The van der Waals surface area contributed by atoms with Crippen molar-refractivity contribution in [3.8, 4) is 17.2 Å². The molecule has 1 atom stereocenters. The first-order chi connectivity index (χ1) is 16.4. The number of nitrogens with zero attached hydrogens (tertiary/aromatic N) is 3. The third-order valence-corrected chi connectivity index (χ3v) is 6.27. The summed E-state index contributed by atoms with van der Waals surface area (Å²) in [5.41, 5.74) is 3.18. The minimum absolute atomic E-state index is 0.0651. The Morgan fingerprint density at radius 3 is 2.59 bits per heavy atom. The van der Waals surface area contributed by atoms with Crippen LogP contribution in [0.5, 0.6) is 17.2 Å². The number of rotatable bonds is 2. The molecule has 2 aliphatic heterocycles. The number of amidine groups is 1. The fourth-order valence-electron chi connectivity index (χ4n) is 4.44. The molecule has 5 rings (SSSR count). The maximum absolute atomic E-state index is 13.3. The molecular formula is C27H26FN3O3. The molecule has 0 bridgehead atoms. The number of aliphatic imine (C=N–C) groups is 1. The predicted octanol–water partition coefficient (Wildman–Crippen LogP) is 5.17. The zero-order chi connectivity index (χ0) is 23.8. The predicted molar refractivity (Wildman–Crippen MR) is 129 cm³/mol. The first-order valence-corrected chi connectivity index (χ1v) is 11.3. The van der Waals surface area contributed by atoms with Crippen molar-refractivity contribution in [1.82, 2.24) is 9.80 Å². The van der Waals surface area contributed by atoms with Gasteiger partial charge in [-0.1, -0.05) is 6.07 Å². The van der Waals surface area contributed by atoms with Crippen LogP contribution >= 0.6 is 0 Å². The van der Waals surface area contributed by atoms with Gasteiger partial charge in [0.2, 0.25) is 0 Å². The molecule has 0 spiro atoms. The molecule has 1 fully saturated rings. The van der Waals surface area contributed by atoms with E-state index in [1.165, 1.54) is 24.3 Å². The van der Waals surface area contributed by atoms with E-state index in [9.17, 15) is 9.18 Å². The maximum atomic E-state index is 13.3. The molecule has 3 aromatic carbocycles. The number of aryl methyl sites for hydroxylation is 1. The van der Waals surface area contributed by atoms with Gasteiger partial charge in [-0.05, 0) is 74.0 Å². The molecule has 0 radical (unpaired) electrons.